The number of rotatable bonds is 5. The molecule has 124 valence electrons. The van der Waals surface area contributed by atoms with E-state index in [2.05, 4.69) is 0 Å². The molecule has 1 aliphatic rings. The van der Waals surface area contributed by atoms with Gasteiger partial charge in [-0.15, -0.1) is 11.3 Å². The Bertz CT molecular complexity index is 810. The Balaban J connectivity index is 2.12. The van der Waals surface area contributed by atoms with Gasteiger partial charge in [0, 0.05) is 6.54 Å². The van der Waals surface area contributed by atoms with E-state index in [4.69, 9.17) is 0 Å². The lowest BCUT2D eigenvalue weighted by Gasteiger charge is -2.26. The average Bonchev–Trinajstić information content (AvgIpc) is 3.17. The van der Waals surface area contributed by atoms with Crippen molar-refractivity contribution < 1.29 is 19.8 Å². The number of phenolic OH excluding ortho intramolecular Hbond substituents is 1. The number of ketones is 1. The molecular formula is C18H17NO4S. The normalized spacial score (nSPS) is 17.6. The maximum absolute atomic E-state index is 12.8. The van der Waals surface area contributed by atoms with Crippen LogP contribution in [0.1, 0.15) is 34.6 Å². The summed E-state index contributed by atoms with van der Waals surface area (Å²) in [6.07, 6.45) is 0.689. The monoisotopic (exact) mass is 343 g/mol. The molecule has 6 heteroatoms. The van der Waals surface area contributed by atoms with Crippen LogP contribution in [-0.2, 0) is 4.79 Å². The lowest BCUT2D eigenvalue weighted by molar-refractivity contribution is -0.129. The first-order valence-electron chi connectivity index (χ1n) is 7.65. The van der Waals surface area contributed by atoms with Crippen LogP contribution in [0.25, 0.3) is 0 Å². The van der Waals surface area contributed by atoms with E-state index in [1.807, 2.05) is 6.92 Å². The lowest BCUT2D eigenvalue weighted by atomic mass is 9.95. The number of aliphatic hydroxyl groups excluding tert-OH is 1. The minimum atomic E-state index is -0.695. The van der Waals surface area contributed by atoms with Gasteiger partial charge in [-0.05, 0) is 35.6 Å². The third-order valence-corrected chi connectivity index (χ3v) is 4.81. The van der Waals surface area contributed by atoms with Gasteiger partial charge in [0.2, 0.25) is 5.78 Å². The fourth-order valence-corrected chi connectivity index (χ4v) is 3.62. The quantitative estimate of drug-likeness (QED) is 0.815. The van der Waals surface area contributed by atoms with E-state index < -0.39 is 17.7 Å². The molecule has 0 spiro atoms. The number of Topliss-reactive ketones (excluding diaryl/α,β-unsaturated/α-hetero) is 1. The topological polar surface area (TPSA) is 77.8 Å². The van der Waals surface area contributed by atoms with E-state index in [-0.39, 0.29) is 17.1 Å². The summed E-state index contributed by atoms with van der Waals surface area (Å²) in [6.45, 7) is 2.33. The third-order valence-electron chi connectivity index (χ3n) is 3.94. The second kappa shape index (κ2) is 6.49. The second-order valence-corrected chi connectivity index (χ2v) is 6.51. The first kappa shape index (κ1) is 16.3. The SMILES string of the molecule is CCCN1C(=O)C(O)=C(C(=O)c2cccs2)C1c1cccc(O)c1. The number of nitrogens with zero attached hydrogens (tertiary/aromatic N) is 1. The van der Waals surface area contributed by atoms with Crippen molar-refractivity contribution >= 4 is 23.0 Å². The third kappa shape index (κ3) is 2.69. The molecule has 1 unspecified atom stereocenters. The van der Waals surface area contributed by atoms with E-state index in [0.29, 0.717) is 23.4 Å². The van der Waals surface area contributed by atoms with Gasteiger partial charge < -0.3 is 15.1 Å². The summed E-state index contributed by atoms with van der Waals surface area (Å²) >= 11 is 1.26. The van der Waals surface area contributed by atoms with Gasteiger partial charge in [0.05, 0.1) is 16.5 Å². The predicted molar refractivity (Wildman–Crippen MR) is 91.2 cm³/mol. The lowest BCUT2D eigenvalue weighted by Crippen LogP contribution is -2.31. The molecule has 2 heterocycles. The Morgan fingerprint density at radius 3 is 2.67 bits per heavy atom. The number of carbonyl (C=O) groups is 2. The summed E-state index contributed by atoms with van der Waals surface area (Å²) in [5, 5.41) is 21.9. The molecule has 24 heavy (non-hydrogen) atoms. The summed E-state index contributed by atoms with van der Waals surface area (Å²) < 4.78 is 0. The molecule has 2 aromatic rings. The fraction of sp³-hybridized carbons (Fsp3) is 0.222. The van der Waals surface area contributed by atoms with Gasteiger partial charge in [-0.2, -0.15) is 0 Å². The van der Waals surface area contributed by atoms with Crippen molar-refractivity contribution in [1.29, 1.82) is 0 Å². The number of hydrogen-bond acceptors (Lipinski definition) is 5. The Morgan fingerprint density at radius 1 is 1.25 bits per heavy atom. The van der Waals surface area contributed by atoms with Crippen LogP contribution in [0.2, 0.25) is 0 Å². The van der Waals surface area contributed by atoms with Crippen LogP contribution in [0.15, 0.2) is 53.1 Å². The highest BCUT2D eigenvalue weighted by Crippen LogP contribution is 2.40. The Labute approximate surface area is 143 Å². The molecule has 1 aliphatic heterocycles. The van der Waals surface area contributed by atoms with Crippen LogP contribution >= 0.6 is 11.3 Å². The first-order chi connectivity index (χ1) is 11.5. The first-order valence-corrected chi connectivity index (χ1v) is 8.53. The van der Waals surface area contributed by atoms with Crippen LogP contribution < -0.4 is 0 Å². The maximum Gasteiger partial charge on any atom is 0.290 e. The van der Waals surface area contributed by atoms with E-state index in [9.17, 15) is 19.8 Å². The molecule has 1 aromatic heterocycles. The van der Waals surface area contributed by atoms with E-state index in [0.717, 1.165) is 0 Å². The summed E-state index contributed by atoms with van der Waals surface area (Å²) in [7, 11) is 0. The molecule has 0 bridgehead atoms. The Morgan fingerprint density at radius 2 is 2.04 bits per heavy atom. The smallest absolute Gasteiger partial charge is 0.290 e. The molecule has 0 radical (unpaired) electrons. The van der Waals surface area contributed by atoms with Crippen molar-refractivity contribution in [2.24, 2.45) is 0 Å². The standard InChI is InChI=1S/C18H17NO4S/c1-2-8-19-15(11-5-3-6-12(20)10-11)14(17(22)18(19)23)16(21)13-7-4-9-24-13/h3-7,9-10,15,20,22H,2,8H2,1H3. The molecule has 0 fully saturated rings. The van der Waals surface area contributed by atoms with Crippen LogP contribution in [0.4, 0.5) is 0 Å². The highest BCUT2D eigenvalue weighted by Gasteiger charge is 2.43. The molecule has 0 saturated carbocycles. The molecule has 1 aromatic carbocycles. The van der Waals surface area contributed by atoms with Crippen LogP contribution in [-0.4, -0.2) is 33.3 Å². The molecule has 1 amide bonds. The summed E-state index contributed by atoms with van der Waals surface area (Å²) in [5.74, 6) is -1.37. The predicted octanol–water partition coefficient (Wildman–Crippen LogP) is 3.44. The molecule has 3 rings (SSSR count). The molecule has 1 atom stereocenters. The fourth-order valence-electron chi connectivity index (χ4n) is 2.94. The van der Waals surface area contributed by atoms with Gasteiger partial charge in [0.1, 0.15) is 5.75 Å². The number of aromatic hydroxyl groups is 1. The van der Waals surface area contributed by atoms with Crippen molar-refractivity contribution in [3.8, 4) is 5.75 Å². The summed E-state index contributed by atoms with van der Waals surface area (Å²) in [4.78, 5) is 27.2. The largest absolute Gasteiger partial charge is 0.508 e. The van der Waals surface area contributed by atoms with Crippen molar-refractivity contribution in [3.63, 3.8) is 0 Å². The number of amides is 1. The van der Waals surface area contributed by atoms with E-state index in [1.54, 1.807) is 29.6 Å². The zero-order valence-corrected chi connectivity index (χ0v) is 13.9. The van der Waals surface area contributed by atoms with Gasteiger partial charge in [0.15, 0.2) is 5.76 Å². The average molecular weight is 343 g/mol. The summed E-state index contributed by atoms with van der Waals surface area (Å²) in [6, 6.07) is 9.15. The van der Waals surface area contributed by atoms with Gasteiger partial charge >= 0.3 is 0 Å². The van der Waals surface area contributed by atoms with Crippen molar-refractivity contribution in [3.05, 3.63) is 63.6 Å². The molecule has 0 saturated heterocycles. The molecule has 2 N–H and O–H groups in total. The number of benzene rings is 1. The number of aliphatic hydroxyl groups is 1. The minimum Gasteiger partial charge on any atom is -0.508 e. The van der Waals surface area contributed by atoms with Gasteiger partial charge in [0.25, 0.3) is 5.91 Å². The second-order valence-electron chi connectivity index (χ2n) is 5.56. The zero-order chi connectivity index (χ0) is 17.3. The van der Waals surface area contributed by atoms with Crippen molar-refractivity contribution in [2.45, 2.75) is 19.4 Å². The highest BCUT2D eigenvalue weighted by molar-refractivity contribution is 7.12. The highest BCUT2D eigenvalue weighted by atomic mass is 32.1. The molecule has 5 nitrogen and oxygen atoms in total. The number of phenols is 1. The van der Waals surface area contributed by atoms with E-state index in [1.165, 1.54) is 28.4 Å². The number of hydrogen-bond donors (Lipinski definition) is 2. The van der Waals surface area contributed by atoms with Gasteiger partial charge in [-0.25, -0.2) is 0 Å². The number of carbonyl (C=O) groups excluding carboxylic acids is 2. The van der Waals surface area contributed by atoms with Crippen LogP contribution in [0, 0.1) is 0 Å². The minimum absolute atomic E-state index is 0.0470. The van der Waals surface area contributed by atoms with E-state index >= 15 is 0 Å². The molecular weight excluding hydrogens is 326 g/mol. The number of thiophene rings is 1. The summed E-state index contributed by atoms with van der Waals surface area (Å²) in [5.41, 5.74) is 0.669. The maximum atomic E-state index is 12.8. The Kier molecular flexibility index (Phi) is 4.40. The van der Waals surface area contributed by atoms with Gasteiger partial charge in [-0.1, -0.05) is 25.1 Å². The van der Waals surface area contributed by atoms with Crippen molar-refractivity contribution in [2.75, 3.05) is 6.54 Å². The van der Waals surface area contributed by atoms with Crippen molar-refractivity contribution in [1.82, 2.24) is 4.90 Å². The Hall–Kier alpha value is -2.60. The molecule has 0 aliphatic carbocycles. The van der Waals surface area contributed by atoms with Gasteiger partial charge in [-0.3, -0.25) is 9.59 Å². The van der Waals surface area contributed by atoms with Crippen LogP contribution in [0.5, 0.6) is 5.75 Å². The van der Waals surface area contributed by atoms with Crippen LogP contribution in [0.3, 0.4) is 0 Å². The zero-order valence-electron chi connectivity index (χ0n) is 13.1.